The van der Waals surface area contributed by atoms with E-state index in [2.05, 4.69) is 0 Å². The van der Waals surface area contributed by atoms with Crippen molar-refractivity contribution in [3.05, 3.63) is 166 Å². The Morgan fingerprint density at radius 2 is 1.43 bits per heavy atom. The highest BCUT2D eigenvalue weighted by Gasteiger charge is 2.70. The standard InChI is InChI=1S/C46H35ClN2O7/c1-56-38-23-28(17-22-37(38)50)40-33-20-21-34-39(44(54)48(42(34)52)31-18-15-27(16-19-31)41(51)26-9-4-2-5-10-26)35(33)25-36-43(53)49(32-14-8-13-30(47)24-32)45(55)46(36,40)29-11-6-3-7-12-29/h2-20,22-24,34-36,39-40,50H,21,25H2,1H3/t34-,35+,36-,39-,40-,46+/m0/s1. The maximum Gasteiger partial charge on any atom is 0.246 e. The molecule has 5 aromatic carbocycles. The van der Waals surface area contributed by atoms with Crippen LogP contribution in [0.3, 0.4) is 0 Å². The van der Waals surface area contributed by atoms with Gasteiger partial charge in [-0.2, -0.15) is 0 Å². The van der Waals surface area contributed by atoms with Crippen LogP contribution in [-0.2, 0) is 24.6 Å². The molecule has 9 nitrogen and oxygen atoms in total. The number of methoxy groups -OCH3 is 1. The third-order valence-electron chi connectivity index (χ3n) is 12.1. The maximum atomic E-state index is 15.4. The molecule has 2 saturated heterocycles. The zero-order valence-electron chi connectivity index (χ0n) is 30.2. The Hall–Kier alpha value is -6.32. The number of ether oxygens (including phenoxy) is 1. The lowest BCUT2D eigenvalue weighted by atomic mass is 9.49. The van der Waals surface area contributed by atoms with Gasteiger partial charge in [0, 0.05) is 22.1 Å². The molecule has 2 aliphatic heterocycles. The van der Waals surface area contributed by atoms with Crippen LogP contribution in [0.2, 0.25) is 5.02 Å². The van der Waals surface area contributed by atoms with Crippen LogP contribution < -0.4 is 14.5 Å². The van der Waals surface area contributed by atoms with Crippen molar-refractivity contribution in [1.29, 1.82) is 0 Å². The molecule has 4 amide bonds. The first-order valence-corrected chi connectivity index (χ1v) is 18.9. The molecule has 0 spiro atoms. The van der Waals surface area contributed by atoms with Crippen LogP contribution in [0.5, 0.6) is 11.5 Å². The largest absolute Gasteiger partial charge is 0.504 e. The number of ketones is 1. The molecule has 10 heteroatoms. The number of hydrogen-bond donors (Lipinski definition) is 1. The van der Waals surface area contributed by atoms with Gasteiger partial charge in [-0.3, -0.25) is 28.9 Å². The molecule has 4 aliphatic rings. The van der Waals surface area contributed by atoms with Crippen molar-refractivity contribution in [3.8, 4) is 11.5 Å². The molecule has 6 atom stereocenters. The van der Waals surface area contributed by atoms with Gasteiger partial charge in [0.2, 0.25) is 23.6 Å². The summed E-state index contributed by atoms with van der Waals surface area (Å²) < 4.78 is 5.55. The van der Waals surface area contributed by atoms with Gasteiger partial charge >= 0.3 is 0 Å². The van der Waals surface area contributed by atoms with Gasteiger partial charge in [-0.25, -0.2) is 4.90 Å². The fraction of sp³-hybridized carbons (Fsp3) is 0.196. The molecule has 9 rings (SSSR count). The van der Waals surface area contributed by atoms with Crippen LogP contribution >= 0.6 is 11.6 Å². The average molecular weight is 763 g/mol. The quantitative estimate of drug-likeness (QED) is 0.103. The number of carbonyl (C=O) groups excluding carboxylic acids is 5. The Bertz CT molecular complexity index is 2480. The van der Waals surface area contributed by atoms with Crippen molar-refractivity contribution < 1.29 is 33.8 Å². The molecule has 3 fully saturated rings. The molecule has 2 heterocycles. The van der Waals surface area contributed by atoms with Gasteiger partial charge in [-0.05, 0) is 84.5 Å². The Kier molecular flexibility index (Phi) is 8.50. The second-order valence-corrected chi connectivity index (χ2v) is 15.2. The number of amides is 4. The fourth-order valence-electron chi connectivity index (χ4n) is 9.77. The Balaban J connectivity index is 1.18. The van der Waals surface area contributed by atoms with Gasteiger partial charge in [0.15, 0.2) is 17.3 Å². The minimum atomic E-state index is -1.47. The summed E-state index contributed by atoms with van der Waals surface area (Å²) in [6.45, 7) is 0. The van der Waals surface area contributed by atoms with E-state index in [0.29, 0.717) is 38.7 Å². The zero-order chi connectivity index (χ0) is 38.9. The van der Waals surface area contributed by atoms with E-state index in [1.165, 1.54) is 23.0 Å². The highest BCUT2D eigenvalue weighted by molar-refractivity contribution is 6.32. The first kappa shape index (κ1) is 35.4. The third kappa shape index (κ3) is 5.18. The Labute approximate surface area is 327 Å². The number of hydrogen-bond acceptors (Lipinski definition) is 7. The molecule has 56 heavy (non-hydrogen) atoms. The summed E-state index contributed by atoms with van der Waals surface area (Å²) in [5, 5.41) is 11.0. The summed E-state index contributed by atoms with van der Waals surface area (Å²) in [5.41, 5.74) is 2.19. The number of imide groups is 2. The number of halogens is 1. The number of anilines is 2. The maximum absolute atomic E-state index is 15.4. The average Bonchev–Trinajstić information content (AvgIpc) is 3.62. The molecule has 0 radical (unpaired) electrons. The summed E-state index contributed by atoms with van der Waals surface area (Å²) >= 11 is 6.42. The molecule has 0 bridgehead atoms. The fourth-order valence-corrected chi connectivity index (χ4v) is 9.95. The molecule has 0 aromatic heterocycles. The van der Waals surface area contributed by atoms with Crippen LogP contribution in [-0.4, -0.2) is 41.6 Å². The molecule has 1 N–H and O–H groups in total. The van der Waals surface area contributed by atoms with Crippen molar-refractivity contribution in [2.75, 3.05) is 16.9 Å². The van der Waals surface area contributed by atoms with Crippen LogP contribution in [0.1, 0.15) is 45.8 Å². The molecule has 2 aliphatic carbocycles. The lowest BCUT2D eigenvalue weighted by molar-refractivity contribution is -0.127. The monoisotopic (exact) mass is 762 g/mol. The topological polar surface area (TPSA) is 121 Å². The van der Waals surface area contributed by atoms with E-state index in [9.17, 15) is 24.3 Å². The van der Waals surface area contributed by atoms with Gasteiger partial charge in [0.05, 0.1) is 41.7 Å². The summed E-state index contributed by atoms with van der Waals surface area (Å²) in [6.07, 6.45) is 2.35. The first-order valence-electron chi connectivity index (χ1n) is 18.5. The third-order valence-corrected chi connectivity index (χ3v) is 12.4. The van der Waals surface area contributed by atoms with Crippen molar-refractivity contribution in [2.24, 2.45) is 23.7 Å². The van der Waals surface area contributed by atoms with E-state index < -0.39 is 52.7 Å². The van der Waals surface area contributed by atoms with Gasteiger partial charge in [-0.1, -0.05) is 96.0 Å². The number of phenolic OH excluding ortho intramolecular Hbond substituents is 1. The number of rotatable bonds is 7. The number of phenols is 1. The molecule has 1 saturated carbocycles. The van der Waals surface area contributed by atoms with Crippen LogP contribution in [0.4, 0.5) is 11.4 Å². The number of benzene rings is 5. The second-order valence-electron chi connectivity index (χ2n) is 14.8. The molecule has 0 unspecified atom stereocenters. The van der Waals surface area contributed by atoms with Crippen LogP contribution in [0.15, 0.2) is 139 Å². The minimum Gasteiger partial charge on any atom is -0.504 e. The van der Waals surface area contributed by atoms with E-state index in [1.807, 2.05) is 42.5 Å². The van der Waals surface area contributed by atoms with E-state index in [-0.39, 0.29) is 36.0 Å². The Morgan fingerprint density at radius 3 is 2.12 bits per heavy atom. The van der Waals surface area contributed by atoms with Gasteiger partial charge in [-0.15, -0.1) is 0 Å². The highest BCUT2D eigenvalue weighted by atomic mass is 35.5. The van der Waals surface area contributed by atoms with E-state index in [1.54, 1.807) is 84.9 Å². The summed E-state index contributed by atoms with van der Waals surface area (Å²) in [6, 6.07) is 36.1. The predicted molar refractivity (Wildman–Crippen MR) is 210 cm³/mol. The number of nitrogens with zero attached hydrogens (tertiary/aromatic N) is 2. The van der Waals surface area contributed by atoms with Crippen molar-refractivity contribution in [2.45, 2.75) is 24.2 Å². The number of allylic oxidation sites excluding steroid dienone is 2. The second kappa shape index (κ2) is 13.5. The van der Waals surface area contributed by atoms with E-state index in [0.717, 1.165) is 5.57 Å². The van der Waals surface area contributed by atoms with E-state index in [4.69, 9.17) is 16.3 Å². The number of fused-ring (bicyclic) bond motifs is 4. The first-order chi connectivity index (χ1) is 27.1. The van der Waals surface area contributed by atoms with Crippen LogP contribution in [0.25, 0.3) is 0 Å². The number of carbonyl (C=O) groups is 5. The highest BCUT2D eigenvalue weighted by Crippen LogP contribution is 2.65. The molecular weight excluding hydrogens is 728 g/mol. The predicted octanol–water partition coefficient (Wildman–Crippen LogP) is 7.65. The van der Waals surface area contributed by atoms with Gasteiger partial charge in [0.25, 0.3) is 0 Å². The molecule has 278 valence electrons. The zero-order valence-corrected chi connectivity index (χ0v) is 30.9. The SMILES string of the molecule is COc1cc([C@H]2C3=CC[C@@H]4C(=O)N(c5ccc(C(=O)c6ccccc6)cc5)C(=O)[C@@H]4[C@@H]3C[C@H]3C(=O)N(c4cccc(Cl)c4)C(=O)[C@@]23c2ccccc2)ccc1O. The van der Waals surface area contributed by atoms with Crippen LogP contribution in [0, 0.1) is 23.7 Å². The van der Waals surface area contributed by atoms with Crippen molar-refractivity contribution >= 4 is 52.4 Å². The summed E-state index contributed by atoms with van der Waals surface area (Å²) in [4.78, 5) is 74.9. The minimum absolute atomic E-state index is 0.0929. The lowest BCUT2D eigenvalue weighted by Gasteiger charge is -2.50. The summed E-state index contributed by atoms with van der Waals surface area (Å²) in [7, 11) is 1.44. The lowest BCUT2D eigenvalue weighted by Crippen LogP contribution is -2.53. The molecule has 5 aromatic rings. The smallest absolute Gasteiger partial charge is 0.246 e. The van der Waals surface area contributed by atoms with Crippen molar-refractivity contribution in [1.82, 2.24) is 0 Å². The Morgan fingerprint density at radius 1 is 0.732 bits per heavy atom. The summed E-state index contributed by atoms with van der Waals surface area (Å²) in [5.74, 6) is -5.51. The van der Waals surface area contributed by atoms with Gasteiger partial charge < -0.3 is 9.84 Å². The van der Waals surface area contributed by atoms with Gasteiger partial charge in [0.1, 0.15) is 0 Å². The molecular formula is C46H35ClN2O7. The van der Waals surface area contributed by atoms with Crippen molar-refractivity contribution in [3.63, 3.8) is 0 Å². The van der Waals surface area contributed by atoms with E-state index >= 15 is 4.79 Å². The number of aromatic hydroxyl groups is 1. The normalized spacial score (nSPS) is 25.4.